The van der Waals surface area contributed by atoms with E-state index in [-0.39, 0.29) is 0 Å². The van der Waals surface area contributed by atoms with Crippen molar-refractivity contribution >= 4 is 65.6 Å². The Labute approximate surface area is 279 Å². The summed E-state index contributed by atoms with van der Waals surface area (Å²) in [7, 11) is 0. The third-order valence-corrected chi connectivity index (χ3v) is 10.3. The first-order valence-corrected chi connectivity index (χ1v) is 16.2. The fourth-order valence-corrected chi connectivity index (χ4v) is 8.28. The number of nitriles is 2. The Kier molecular flexibility index (Phi) is 4.92. The van der Waals surface area contributed by atoms with Crippen LogP contribution in [0.25, 0.3) is 99.2 Å². The van der Waals surface area contributed by atoms with E-state index in [4.69, 9.17) is 4.42 Å². The number of nitrogens with zero attached hydrogens (tertiary/aromatic N) is 4. The van der Waals surface area contributed by atoms with Gasteiger partial charge in [-0.05, 0) is 83.9 Å². The molecule has 0 N–H and O–H groups in total. The fourth-order valence-electron chi connectivity index (χ4n) is 8.28. The molecule has 0 unspecified atom stereocenters. The summed E-state index contributed by atoms with van der Waals surface area (Å²) < 4.78 is 11.0. The lowest BCUT2D eigenvalue weighted by atomic mass is 9.90. The molecule has 5 nitrogen and oxygen atoms in total. The van der Waals surface area contributed by atoms with Gasteiger partial charge in [0.05, 0.1) is 56.4 Å². The normalized spacial score (nSPS) is 12.0. The summed E-state index contributed by atoms with van der Waals surface area (Å²) in [5.41, 5.74) is 13.2. The van der Waals surface area contributed by atoms with Crippen molar-refractivity contribution in [3.8, 4) is 45.8 Å². The smallest absolute Gasteiger partial charge is 0.137 e. The molecule has 0 fully saturated rings. The minimum atomic E-state index is 0.597. The first-order chi connectivity index (χ1) is 24.2. The number of para-hydroxylation sites is 3. The largest absolute Gasteiger partial charge is 0.456 e. The number of aromatic nitrogens is 2. The van der Waals surface area contributed by atoms with Crippen LogP contribution in [-0.4, -0.2) is 9.13 Å². The highest BCUT2D eigenvalue weighted by Crippen LogP contribution is 2.50. The Hall–Kier alpha value is -7.08. The van der Waals surface area contributed by atoms with Crippen molar-refractivity contribution in [2.24, 2.45) is 0 Å². The van der Waals surface area contributed by atoms with Crippen molar-refractivity contribution in [2.45, 2.75) is 0 Å². The van der Waals surface area contributed by atoms with Crippen molar-refractivity contribution in [3.63, 3.8) is 0 Å². The molecule has 0 saturated carbocycles. The molecule has 10 aromatic rings. The zero-order valence-electron chi connectivity index (χ0n) is 25.9. The van der Waals surface area contributed by atoms with E-state index in [1.165, 1.54) is 0 Å². The van der Waals surface area contributed by atoms with Gasteiger partial charge in [-0.15, -0.1) is 0 Å². The van der Waals surface area contributed by atoms with Crippen LogP contribution in [0.5, 0.6) is 0 Å². The summed E-state index contributed by atoms with van der Waals surface area (Å²) in [5.74, 6) is 0. The summed E-state index contributed by atoms with van der Waals surface area (Å²) in [5, 5.41) is 26.8. The number of furan rings is 1. The van der Waals surface area contributed by atoms with Crippen LogP contribution in [-0.2, 0) is 0 Å². The van der Waals surface area contributed by atoms with Gasteiger partial charge in [0, 0.05) is 43.7 Å². The van der Waals surface area contributed by atoms with Crippen LogP contribution in [0.2, 0.25) is 0 Å². The summed E-state index contributed by atoms with van der Waals surface area (Å²) in [4.78, 5) is 0. The average Bonchev–Trinajstić information content (AvgIpc) is 3.78. The van der Waals surface area contributed by atoms with E-state index >= 15 is 0 Å². The molecule has 0 saturated heterocycles. The second-order valence-electron chi connectivity index (χ2n) is 12.7. The number of fused-ring (bicyclic) bond motifs is 15. The fraction of sp³-hybridized carbons (Fsp3) is 0. The number of rotatable bonds is 1. The lowest BCUT2D eigenvalue weighted by molar-refractivity contribution is 0.669. The molecule has 5 heteroatoms. The molecule has 224 valence electrons. The predicted octanol–water partition coefficient (Wildman–Crippen LogP) is 11.2. The zero-order valence-corrected chi connectivity index (χ0v) is 25.9. The van der Waals surface area contributed by atoms with Crippen LogP contribution in [0, 0.1) is 22.7 Å². The molecular formula is C44H22N4O. The highest BCUT2D eigenvalue weighted by Gasteiger charge is 2.28. The van der Waals surface area contributed by atoms with E-state index < -0.39 is 0 Å². The lowest BCUT2D eigenvalue weighted by Crippen LogP contribution is -1.96. The van der Waals surface area contributed by atoms with E-state index in [2.05, 4.69) is 100 Å². The maximum atomic E-state index is 10.3. The highest BCUT2D eigenvalue weighted by atomic mass is 16.3. The van der Waals surface area contributed by atoms with Crippen LogP contribution < -0.4 is 0 Å². The van der Waals surface area contributed by atoms with Crippen molar-refractivity contribution in [3.05, 3.63) is 145 Å². The van der Waals surface area contributed by atoms with Gasteiger partial charge >= 0.3 is 0 Å². The van der Waals surface area contributed by atoms with Gasteiger partial charge in [-0.25, -0.2) is 0 Å². The molecule has 3 aromatic heterocycles. The van der Waals surface area contributed by atoms with Crippen LogP contribution in [0.15, 0.2) is 138 Å². The van der Waals surface area contributed by atoms with Crippen molar-refractivity contribution in [1.29, 1.82) is 10.5 Å². The quantitative estimate of drug-likeness (QED) is 0.183. The van der Waals surface area contributed by atoms with Crippen molar-refractivity contribution < 1.29 is 4.42 Å². The van der Waals surface area contributed by atoms with Gasteiger partial charge in [-0.3, -0.25) is 0 Å². The Morgan fingerprint density at radius 2 is 1.22 bits per heavy atom. The second kappa shape index (κ2) is 9.26. The molecular weight excluding hydrogens is 601 g/mol. The van der Waals surface area contributed by atoms with Gasteiger partial charge in [0.15, 0.2) is 0 Å². The minimum absolute atomic E-state index is 0.597. The van der Waals surface area contributed by atoms with Crippen molar-refractivity contribution in [1.82, 2.24) is 9.13 Å². The van der Waals surface area contributed by atoms with E-state index in [0.29, 0.717) is 11.1 Å². The number of hydrogen-bond donors (Lipinski definition) is 0. The van der Waals surface area contributed by atoms with Gasteiger partial charge in [-0.1, -0.05) is 60.7 Å². The van der Waals surface area contributed by atoms with Gasteiger partial charge in [0.2, 0.25) is 0 Å². The molecule has 1 aliphatic heterocycles. The predicted molar refractivity (Wildman–Crippen MR) is 196 cm³/mol. The second-order valence-corrected chi connectivity index (χ2v) is 12.7. The van der Waals surface area contributed by atoms with Gasteiger partial charge in [0.25, 0.3) is 0 Å². The van der Waals surface area contributed by atoms with Crippen LogP contribution in [0.3, 0.4) is 0 Å². The van der Waals surface area contributed by atoms with Crippen LogP contribution >= 0.6 is 0 Å². The first-order valence-electron chi connectivity index (χ1n) is 16.2. The molecule has 1 aliphatic rings. The Balaban J connectivity index is 1.40. The summed E-state index contributed by atoms with van der Waals surface area (Å²) in [6.07, 6.45) is 0. The zero-order chi connectivity index (χ0) is 32.4. The minimum Gasteiger partial charge on any atom is -0.456 e. The molecule has 0 radical (unpaired) electrons. The van der Waals surface area contributed by atoms with Crippen molar-refractivity contribution in [2.75, 3.05) is 0 Å². The summed E-state index contributed by atoms with van der Waals surface area (Å²) in [6.45, 7) is 0. The van der Waals surface area contributed by atoms with Gasteiger partial charge in [0.1, 0.15) is 11.2 Å². The first kappa shape index (κ1) is 26.0. The molecule has 4 heterocycles. The maximum absolute atomic E-state index is 10.3. The Bertz CT molecular complexity index is 3180. The molecule has 0 amide bonds. The maximum Gasteiger partial charge on any atom is 0.137 e. The highest BCUT2D eigenvalue weighted by molar-refractivity contribution is 6.26. The Morgan fingerprint density at radius 3 is 2.08 bits per heavy atom. The lowest BCUT2D eigenvalue weighted by Gasteiger charge is -2.14. The summed E-state index contributed by atoms with van der Waals surface area (Å²) >= 11 is 0. The third-order valence-electron chi connectivity index (χ3n) is 10.3. The molecule has 0 atom stereocenters. The monoisotopic (exact) mass is 622 g/mol. The van der Waals surface area contributed by atoms with Gasteiger partial charge in [-0.2, -0.15) is 10.5 Å². The van der Waals surface area contributed by atoms with E-state index in [1.54, 1.807) is 0 Å². The topological polar surface area (TPSA) is 70.6 Å². The summed E-state index contributed by atoms with van der Waals surface area (Å²) in [6, 6.07) is 50.7. The Morgan fingerprint density at radius 1 is 0.449 bits per heavy atom. The number of benzene rings is 7. The van der Waals surface area contributed by atoms with E-state index in [0.717, 1.165) is 99.2 Å². The van der Waals surface area contributed by atoms with E-state index in [1.807, 2.05) is 54.6 Å². The molecule has 49 heavy (non-hydrogen) atoms. The molecule has 0 bridgehead atoms. The van der Waals surface area contributed by atoms with Crippen LogP contribution in [0.4, 0.5) is 0 Å². The average molecular weight is 623 g/mol. The molecule has 7 aromatic carbocycles. The third kappa shape index (κ3) is 3.31. The molecule has 11 rings (SSSR count). The number of hydrogen-bond acceptors (Lipinski definition) is 3. The molecule has 0 aliphatic carbocycles. The molecule has 0 spiro atoms. The van der Waals surface area contributed by atoms with Gasteiger partial charge < -0.3 is 13.6 Å². The van der Waals surface area contributed by atoms with Crippen LogP contribution in [0.1, 0.15) is 11.1 Å². The van der Waals surface area contributed by atoms with E-state index in [9.17, 15) is 10.5 Å². The standard InChI is InChI=1S/C44H22N4O/c45-23-25-14-15-29-32-21-34-30-16-17-41-42(31-11-5-7-13-40(31)49-41)44(30)47(27-8-2-1-3-9-27)39(34)22-33(32)36-19-26(24-46)18-35-28-10-4-6-12-37(28)48(43(35)36)38(29)20-25/h1-22H. The SMILES string of the molecule is N#Cc1ccc2c(c1)-n1c3ccccc3c3cc(C#N)cc(c31)-c1cc3c(cc1-2)c1ccc2oc4ccccc4c2c1n3-c1ccccc1.